The Hall–Kier alpha value is -2.50. The van der Waals surface area contributed by atoms with Gasteiger partial charge in [0.05, 0.1) is 5.56 Å². The largest absolute Gasteiger partial charge is 0.416 e. The Bertz CT molecular complexity index is 724. The van der Waals surface area contributed by atoms with Crippen LogP contribution < -0.4 is 10.6 Å². The van der Waals surface area contributed by atoms with Crippen molar-refractivity contribution in [2.45, 2.75) is 33.0 Å². The molecule has 2 rings (SSSR count). The van der Waals surface area contributed by atoms with Crippen LogP contribution in [0.25, 0.3) is 0 Å². The highest BCUT2D eigenvalue weighted by Crippen LogP contribution is 2.29. The van der Waals surface area contributed by atoms with Gasteiger partial charge in [-0.25, -0.2) is 0 Å². The van der Waals surface area contributed by atoms with Gasteiger partial charge in [0.15, 0.2) is 0 Å². The van der Waals surface area contributed by atoms with Crippen molar-refractivity contribution in [3.63, 3.8) is 0 Å². The zero-order valence-corrected chi connectivity index (χ0v) is 13.7. The number of hydrogen-bond acceptors (Lipinski definition) is 2. The highest BCUT2D eigenvalue weighted by atomic mass is 19.4. The summed E-state index contributed by atoms with van der Waals surface area (Å²) in [5.74, 6) is -0.323. The van der Waals surface area contributed by atoms with E-state index in [1.165, 1.54) is 12.1 Å². The minimum Gasteiger partial charge on any atom is -0.374 e. The lowest BCUT2D eigenvalue weighted by Gasteiger charge is -2.18. The van der Waals surface area contributed by atoms with Gasteiger partial charge in [-0.15, -0.1) is 0 Å². The van der Waals surface area contributed by atoms with Crippen LogP contribution in [-0.2, 0) is 11.0 Å². The van der Waals surface area contributed by atoms with Gasteiger partial charge >= 0.3 is 6.18 Å². The van der Waals surface area contributed by atoms with Gasteiger partial charge in [-0.05, 0) is 62.2 Å². The Morgan fingerprint density at radius 1 is 1.04 bits per heavy atom. The molecular formula is C18H19F3N2O. The Labute approximate surface area is 138 Å². The molecule has 0 saturated carbocycles. The van der Waals surface area contributed by atoms with Gasteiger partial charge in [-0.2, -0.15) is 13.2 Å². The number of nitrogens with one attached hydrogen (secondary N) is 2. The third kappa shape index (κ3) is 4.28. The molecule has 2 aromatic rings. The van der Waals surface area contributed by atoms with Crippen LogP contribution in [0, 0.1) is 13.8 Å². The lowest BCUT2D eigenvalue weighted by atomic mass is 10.1. The summed E-state index contributed by atoms with van der Waals surface area (Å²) >= 11 is 0. The van der Waals surface area contributed by atoms with Crippen molar-refractivity contribution >= 4 is 17.3 Å². The van der Waals surface area contributed by atoms with Gasteiger partial charge < -0.3 is 10.6 Å². The summed E-state index contributed by atoms with van der Waals surface area (Å²) in [5, 5.41) is 5.72. The number of carbonyl (C=O) groups excluding carboxylic acids is 1. The van der Waals surface area contributed by atoms with Crippen molar-refractivity contribution in [2.75, 3.05) is 10.6 Å². The van der Waals surface area contributed by atoms with Crippen LogP contribution in [0.4, 0.5) is 24.5 Å². The fraction of sp³-hybridized carbons (Fsp3) is 0.278. The predicted octanol–water partition coefficient (Wildman–Crippen LogP) is 4.76. The second-order valence-corrected chi connectivity index (χ2v) is 5.68. The topological polar surface area (TPSA) is 41.1 Å². The summed E-state index contributed by atoms with van der Waals surface area (Å²) in [4.78, 5) is 12.2. The number of halogens is 3. The summed E-state index contributed by atoms with van der Waals surface area (Å²) in [5.41, 5.74) is 2.58. The molecular weight excluding hydrogens is 317 g/mol. The molecule has 3 nitrogen and oxygen atoms in total. The number of carbonyl (C=O) groups is 1. The van der Waals surface area contributed by atoms with Crippen molar-refractivity contribution in [2.24, 2.45) is 0 Å². The standard InChI is InChI=1S/C18H19F3N2O/c1-11-5-4-6-16(12(11)2)22-13(3)17(24)23-15-9-7-14(8-10-15)18(19,20)21/h4-10,13,22H,1-3H3,(H,23,24). The van der Waals surface area contributed by atoms with Crippen LogP contribution in [0.1, 0.15) is 23.6 Å². The summed E-state index contributed by atoms with van der Waals surface area (Å²) in [6, 6.07) is 9.59. The number of anilines is 2. The summed E-state index contributed by atoms with van der Waals surface area (Å²) < 4.78 is 37.6. The average molecular weight is 336 g/mol. The molecule has 2 aromatic carbocycles. The average Bonchev–Trinajstić information content (AvgIpc) is 2.51. The minimum absolute atomic E-state index is 0.322. The lowest BCUT2D eigenvalue weighted by molar-refractivity contribution is -0.137. The summed E-state index contributed by atoms with van der Waals surface area (Å²) in [6.07, 6.45) is -4.39. The molecule has 0 radical (unpaired) electrons. The molecule has 0 aliphatic rings. The van der Waals surface area contributed by atoms with E-state index in [-0.39, 0.29) is 5.91 Å². The second kappa shape index (κ2) is 6.95. The molecule has 0 spiro atoms. The van der Waals surface area contributed by atoms with E-state index in [2.05, 4.69) is 10.6 Å². The first-order chi connectivity index (χ1) is 11.2. The van der Waals surface area contributed by atoms with Crippen LogP contribution in [-0.4, -0.2) is 11.9 Å². The molecule has 0 bridgehead atoms. The van der Waals surface area contributed by atoms with Gasteiger partial charge in [0, 0.05) is 11.4 Å². The first-order valence-corrected chi connectivity index (χ1v) is 7.49. The SMILES string of the molecule is Cc1cccc(NC(C)C(=O)Nc2ccc(C(F)(F)F)cc2)c1C. The van der Waals surface area contributed by atoms with E-state index in [1.54, 1.807) is 6.92 Å². The van der Waals surface area contributed by atoms with E-state index in [1.807, 2.05) is 32.0 Å². The Balaban J connectivity index is 2.02. The predicted molar refractivity (Wildman–Crippen MR) is 89.1 cm³/mol. The molecule has 0 aliphatic heterocycles. The molecule has 1 unspecified atom stereocenters. The van der Waals surface area contributed by atoms with E-state index >= 15 is 0 Å². The van der Waals surface area contributed by atoms with E-state index in [0.29, 0.717) is 5.69 Å². The first kappa shape index (κ1) is 17.8. The van der Waals surface area contributed by atoms with Gasteiger partial charge in [0.2, 0.25) is 5.91 Å². The molecule has 1 amide bonds. The highest BCUT2D eigenvalue weighted by molar-refractivity contribution is 5.96. The highest BCUT2D eigenvalue weighted by Gasteiger charge is 2.30. The fourth-order valence-electron chi connectivity index (χ4n) is 2.20. The smallest absolute Gasteiger partial charge is 0.374 e. The van der Waals surface area contributed by atoms with E-state index in [4.69, 9.17) is 0 Å². The van der Waals surface area contributed by atoms with Crippen LogP contribution in [0.3, 0.4) is 0 Å². The van der Waals surface area contributed by atoms with Gasteiger partial charge in [-0.1, -0.05) is 12.1 Å². The van der Waals surface area contributed by atoms with Crippen molar-refractivity contribution in [3.8, 4) is 0 Å². The van der Waals surface area contributed by atoms with Crippen LogP contribution in [0.5, 0.6) is 0 Å². The number of alkyl halides is 3. The van der Waals surface area contributed by atoms with E-state index < -0.39 is 17.8 Å². The zero-order chi connectivity index (χ0) is 17.9. The molecule has 0 heterocycles. The molecule has 0 aromatic heterocycles. The fourth-order valence-corrected chi connectivity index (χ4v) is 2.20. The number of aryl methyl sites for hydroxylation is 1. The quantitative estimate of drug-likeness (QED) is 0.845. The van der Waals surface area contributed by atoms with E-state index in [0.717, 1.165) is 28.9 Å². The third-order valence-corrected chi connectivity index (χ3v) is 3.85. The van der Waals surface area contributed by atoms with Crippen LogP contribution >= 0.6 is 0 Å². The molecule has 0 aliphatic carbocycles. The maximum Gasteiger partial charge on any atom is 0.416 e. The Morgan fingerprint density at radius 3 is 2.25 bits per heavy atom. The normalized spacial score (nSPS) is 12.6. The van der Waals surface area contributed by atoms with Crippen LogP contribution in [0.15, 0.2) is 42.5 Å². The van der Waals surface area contributed by atoms with Crippen LogP contribution in [0.2, 0.25) is 0 Å². The van der Waals surface area contributed by atoms with Gasteiger partial charge in [0.25, 0.3) is 0 Å². The lowest BCUT2D eigenvalue weighted by Crippen LogP contribution is -2.32. The summed E-state index contributed by atoms with van der Waals surface area (Å²) in [6.45, 7) is 5.63. The molecule has 2 N–H and O–H groups in total. The first-order valence-electron chi connectivity index (χ1n) is 7.49. The van der Waals surface area contributed by atoms with Gasteiger partial charge in [-0.3, -0.25) is 4.79 Å². The summed E-state index contributed by atoms with van der Waals surface area (Å²) in [7, 11) is 0. The number of amides is 1. The van der Waals surface area contributed by atoms with Gasteiger partial charge in [0.1, 0.15) is 6.04 Å². The van der Waals surface area contributed by atoms with Crippen molar-refractivity contribution < 1.29 is 18.0 Å². The zero-order valence-electron chi connectivity index (χ0n) is 13.7. The Kier molecular flexibility index (Phi) is 5.17. The molecule has 128 valence electrons. The maximum absolute atomic E-state index is 12.5. The maximum atomic E-state index is 12.5. The molecule has 24 heavy (non-hydrogen) atoms. The molecule has 0 saturated heterocycles. The molecule has 6 heteroatoms. The number of hydrogen-bond donors (Lipinski definition) is 2. The Morgan fingerprint density at radius 2 is 1.67 bits per heavy atom. The molecule has 0 fully saturated rings. The third-order valence-electron chi connectivity index (χ3n) is 3.85. The monoisotopic (exact) mass is 336 g/mol. The van der Waals surface area contributed by atoms with Crippen molar-refractivity contribution in [1.29, 1.82) is 0 Å². The minimum atomic E-state index is -4.39. The molecule has 1 atom stereocenters. The number of rotatable bonds is 4. The van der Waals surface area contributed by atoms with Crippen molar-refractivity contribution in [1.82, 2.24) is 0 Å². The van der Waals surface area contributed by atoms with E-state index in [9.17, 15) is 18.0 Å². The van der Waals surface area contributed by atoms with Crippen molar-refractivity contribution in [3.05, 3.63) is 59.2 Å². The number of benzene rings is 2. The second-order valence-electron chi connectivity index (χ2n) is 5.68.